The molecule has 72 valence electrons. The van der Waals surface area contributed by atoms with Crippen LogP contribution in [0.5, 0.6) is 0 Å². The highest BCUT2D eigenvalue weighted by molar-refractivity contribution is 8.45. The molecule has 0 radical (unpaired) electrons. The van der Waals surface area contributed by atoms with Crippen molar-refractivity contribution in [3.63, 3.8) is 0 Å². The number of carbonyl (C=O) groups excluding carboxylic acids is 1. The summed E-state index contributed by atoms with van der Waals surface area (Å²) in [7, 11) is -1.70. The summed E-state index contributed by atoms with van der Waals surface area (Å²) in [6, 6.07) is 0. The van der Waals surface area contributed by atoms with E-state index in [1.807, 2.05) is 0 Å². The first-order valence-electron chi connectivity index (χ1n) is 4.01. The SMILES string of the molecule is CS1(C(=O)O)CC=CN2C(=O)C[C@H]21. The Morgan fingerprint density at radius 2 is 2.46 bits per heavy atom. The summed E-state index contributed by atoms with van der Waals surface area (Å²) in [5, 5.41) is 8.28. The van der Waals surface area contributed by atoms with Crippen LogP contribution in [0.15, 0.2) is 12.3 Å². The minimum atomic E-state index is -1.70. The molecule has 2 aliphatic rings. The lowest BCUT2D eigenvalue weighted by atomic mass is 10.2. The molecule has 2 atom stereocenters. The third-order valence-corrected chi connectivity index (χ3v) is 5.93. The number of carbonyl (C=O) groups is 2. The van der Waals surface area contributed by atoms with Gasteiger partial charge in [-0.05, 0) is 6.26 Å². The standard InChI is InChI=1S/C8H11NO3S/c1-13(8(11)12)4-2-3-9-6(10)5-7(9)13/h2-3,7H,4-5H2,1H3,(H,11,12)/t7-/m1/s1. The highest BCUT2D eigenvalue weighted by atomic mass is 32.3. The summed E-state index contributed by atoms with van der Waals surface area (Å²) >= 11 is 0. The fourth-order valence-corrected chi connectivity index (χ4v) is 3.95. The van der Waals surface area contributed by atoms with Gasteiger partial charge in [-0.2, -0.15) is 0 Å². The maximum absolute atomic E-state index is 11.1. The highest BCUT2D eigenvalue weighted by Crippen LogP contribution is 2.57. The van der Waals surface area contributed by atoms with Crippen LogP contribution in [0.2, 0.25) is 0 Å². The maximum Gasteiger partial charge on any atom is 0.349 e. The van der Waals surface area contributed by atoms with Crippen molar-refractivity contribution in [3.8, 4) is 0 Å². The largest absolute Gasteiger partial charge is 0.474 e. The summed E-state index contributed by atoms with van der Waals surface area (Å²) in [4.78, 5) is 23.7. The Kier molecular flexibility index (Phi) is 1.66. The number of nitrogens with zero attached hydrogens (tertiary/aromatic N) is 1. The summed E-state index contributed by atoms with van der Waals surface area (Å²) in [6.45, 7) is 0. The molecule has 2 rings (SSSR count). The summed E-state index contributed by atoms with van der Waals surface area (Å²) in [6.07, 6.45) is 5.69. The Morgan fingerprint density at radius 3 is 3.00 bits per heavy atom. The maximum atomic E-state index is 11.1. The first-order chi connectivity index (χ1) is 6.05. The second-order valence-electron chi connectivity index (χ2n) is 3.43. The van der Waals surface area contributed by atoms with Crippen molar-refractivity contribution in [2.45, 2.75) is 11.8 Å². The van der Waals surface area contributed by atoms with Crippen LogP contribution in [0.25, 0.3) is 0 Å². The molecule has 4 nitrogen and oxygen atoms in total. The van der Waals surface area contributed by atoms with Crippen LogP contribution >= 0.6 is 10.0 Å². The minimum Gasteiger partial charge on any atom is -0.474 e. The number of rotatable bonds is 0. The number of β-lactam (4-membered cyclic amide) rings is 1. The van der Waals surface area contributed by atoms with Crippen LogP contribution in [-0.4, -0.2) is 38.6 Å². The van der Waals surface area contributed by atoms with Crippen molar-refractivity contribution in [2.75, 3.05) is 12.0 Å². The van der Waals surface area contributed by atoms with Gasteiger partial charge < -0.3 is 10.0 Å². The molecule has 0 saturated carbocycles. The number of hydrogen-bond acceptors (Lipinski definition) is 2. The van der Waals surface area contributed by atoms with E-state index >= 15 is 0 Å². The molecular weight excluding hydrogens is 190 g/mol. The number of amides is 1. The second-order valence-corrected chi connectivity index (χ2v) is 6.98. The average Bonchev–Trinajstić information content (AvgIpc) is 2.06. The lowest BCUT2D eigenvalue weighted by molar-refractivity contribution is -0.137. The van der Waals surface area contributed by atoms with E-state index in [0.29, 0.717) is 12.2 Å². The predicted molar refractivity (Wildman–Crippen MR) is 50.8 cm³/mol. The van der Waals surface area contributed by atoms with E-state index in [2.05, 4.69) is 0 Å². The van der Waals surface area contributed by atoms with Gasteiger partial charge in [-0.3, -0.25) is 4.79 Å². The van der Waals surface area contributed by atoms with Crippen LogP contribution in [0.3, 0.4) is 0 Å². The van der Waals surface area contributed by atoms with Crippen LogP contribution in [-0.2, 0) is 4.79 Å². The van der Waals surface area contributed by atoms with E-state index in [0.717, 1.165) is 0 Å². The van der Waals surface area contributed by atoms with E-state index < -0.39 is 15.3 Å². The fourth-order valence-electron chi connectivity index (χ4n) is 1.67. The third kappa shape index (κ3) is 0.997. The number of hydrogen-bond donors (Lipinski definition) is 1. The van der Waals surface area contributed by atoms with Gasteiger partial charge >= 0.3 is 5.30 Å². The monoisotopic (exact) mass is 201 g/mol. The lowest BCUT2D eigenvalue weighted by Gasteiger charge is -2.51. The Hall–Kier alpha value is -0.970. The quantitative estimate of drug-likeness (QED) is 0.599. The van der Waals surface area contributed by atoms with Crippen molar-refractivity contribution >= 4 is 21.2 Å². The lowest BCUT2D eigenvalue weighted by Crippen LogP contribution is -2.54. The molecule has 0 aliphatic carbocycles. The predicted octanol–water partition coefficient (Wildman–Crippen LogP) is 1.18. The summed E-state index contributed by atoms with van der Waals surface area (Å²) in [5.41, 5.74) is 0. The molecule has 2 aliphatic heterocycles. The molecule has 5 heteroatoms. The summed E-state index contributed by atoms with van der Waals surface area (Å²) < 4.78 is 0. The van der Waals surface area contributed by atoms with Crippen molar-refractivity contribution in [2.24, 2.45) is 0 Å². The number of fused-ring (bicyclic) bond motifs is 1. The van der Waals surface area contributed by atoms with Gasteiger partial charge in [-0.15, -0.1) is 10.0 Å². The van der Waals surface area contributed by atoms with Crippen molar-refractivity contribution < 1.29 is 14.7 Å². The second kappa shape index (κ2) is 2.51. The van der Waals surface area contributed by atoms with Gasteiger partial charge in [0.1, 0.15) is 0 Å². The normalized spacial score (nSPS) is 41.8. The van der Waals surface area contributed by atoms with Crippen molar-refractivity contribution in [1.82, 2.24) is 4.90 Å². The fraction of sp³-hybridized carbons (Fsp3) is 0.500. The van der Waals surface area contributed by atoms with Crippen LogP contribution in [0, 0.1) is 0 Å². The van der Waals surface area contributed by atoms with E-state index in [-0.39, 0.29) is 11.3 Å². The Balaban J connectivity index is 2.30. The molecular formula is C8H11NO3S. The molecule has 13 heavy (non-hydrogen) atoms. The zero-order valence-electron chi connectivity index (χ0n) is 7.27. The van der Waals surface area contributed by atoms with Crippen LogP contribution in [0.4, 0.5) is 4.79 Å². The zero-order valence-corrected chi connectivity index (χ0v) is 8.08. The van der Waals surface area contributed by atoms with Crippen molar-refractivity contribution in [3.05, 3.63) is 12.3 Å². The van der Waals surface area contributed by atoms with Gasteiger partial charge in [0.25, 0.3) is 0 Å². The van der Waals surface area contributed by atoms with E-state index in [1.54, 1.807) is 23.4 Å². The first kappa shape index (κ1) is 8.62. The Bertz CT molecular complexity index is 315. The highest BCUT2D eigenvalue weighted by Gasteiger charge is 2.49. The molecule has 0 bridgehead atoms. The molecule has 1 N–H and O–H groups in total. The van der Waals surface area contributed by atoms with Gasteiger partial charge in [-0.25, -0.2) is 4.79 Å². The molecule has 2 heterocycles. The van der Waals surface area contributed by atoms with Crippen LogP contribution in [0.1, 0.15) is 6.42 Å². The molecule has 1 saturated heterocycles. The van der Waals surface area contributed by atoms with Gasteiger partial charge in [-0.1, -0.05) is 6.08 Å². The average molecular weight is 201 g/mol. The minimum absolute atomic E-state index is 0.0425. The summed E-state index contributed by atoms with van der Waals surface area (Å²) in [5.74, 6) is 0.637. The van der Waals surface area contributed by atoms with Crippen LogP contribution < -0.4 is 0 Å². The van der Waals surface area contributed by atoms with Gasteiger partial charge in [0.15, 0.2) is 0 Å². The molecule has 1 fully saturated rings. The Morgan fingerprint density at radius 1 is 1.77 bits per heavy atom. The third-order valence-electron chi connectivity index (χ3n) is 2.66. The number of carboxylic acid groups (broad SMARTS) is 1. The molecule has 0 aromatic carbocycles. The Labute approximate surface area is 77.5 Å². The molecule has 0 aromatic heterocycles. The van der Waals surface area contributed by atoms with Crippen molar-refractivity contribution in [1.29, 1.82) is 0 Å². The van der Waals surface area contributed by atoms with Gasteiger partial charge in [0, 0.05) is 12.0 Å². The van der Waals surface area contributed by atoms with Gasteiger partial charge in [0.05, 0.1) is 11.8 Å². The molecule has 1 amide bonds. The van der Waals surface area contributed by atoms with Gasteiger partial charge in [0.2, 0.25) is 5.91 Å². The van der Waals surface area contributed by atoms with E-state index in [4.69, 9.17) is 5.11 Å². The molecule has 0 spiro atoms. The first-order valence-corrected chi connectivity index (χ1v) is 6.29. The molecule has 1 unspecified atom stereocenters. The smallest absolute Gasteiger partial charge is 0.349 e. The topological polar surface area (TPSA) is 57.6 Å². The van der Waals surface area contributed by atoms with E-state index in [9.17, 15) is 9.59 Å². The molecule has 0 aromatic rings. The zero-order chi connectivity index (χ0) is 9.64. The van der Waals surface area contributed by atoms with E-state index in [1.165, 1.54) is 0 Å².